The van der Waals surface area contributed by atoms with Crippen molar-refractivity contribution in [2.45, 2.75) is 65.7 Å². The largest absolute Gasteiger partial charge is 0.354 e. The third-order valence-electron chi connectivity index (χ3n) is 6.71. The zero-order chi connectivity index (χ0) is 23.3. The van der Waals surface area contributed by atoms with Crippen LogP contribution >= 0.6 is 0 Å². The molecule has 5 heterocycles. The first-order chi connectivity index (χ1) is 15.9. The van der Waals surface area contributed by atoms with Gasteiger partial charge in [-0.05, 0) is 58.7 Å². The number of anilines is 2. The first kappa shape index (κ1) is 21.5. The van der Waals surface area contributed by atoms with E-state index in [0.29, 0.717) is 35.5 Å². The van der Waals surface area contributed by atoms with Gasteiger partial charge in [0.25, 0.3) is 5.91 Å². The molecule has 1 amide bonds. The highest BCUT2D eigenvalue weighted by Gasteiger charge is 2.35. The van der Waals surface area contributed by atoms with Crippen LogP contribution in [0.4, 0.5) is 11.6 Å². The van der Waals surface area contributed by atoms with Gasteiger partial charge in [0.05, 0.1) is 17.8 Å². The smallest absolute Gasteiger partial charge is 0.260 e. The lowest BCUT2D eigenvalue weighted by atomic mass is 10.0. The Hall–Kier alpha value is -3.33. The lowest BCUT2D eigenvalue weighted by molar-refractivity contribution is 0.0996. The van der Waals surface area contributed by atoms with E-state index in [1.54, 1.807) is 4.90 Å². The molecular formula is C24H30N8O. The maximum atomic E-state index is 13.6. The van der Waals surface area contributed by atoms with E-state index in [0.717, 1.165) is 48.8 Å². The zero-order valence-corrected chi connectivity index (χ0v) is 19.6. The van der Waals surface area contributed by atoms with Crippen LogP contribution in [-0.4, -0.2) is 43.2 Å². The summed E-state index contributed by atoms with van der Waals surface area (Å²) >= 11 is 0. The molecule has 9 nitrogen and oxygen atoms in total. The third kappa shape index (κ3) is 3.56. The summed E-state index contributed by atoms with van der Waals surface area (Å²) in [6.07, 6.45) is 2.26. The lowest BCUT2D eigenvalue weighted by Gasteiger charge is -2.24. The van der Waals surface area contributed by atoms with E-state index in [1.807, 2.05) is 49.6 Å². The van der Waals surface area contributed by atoms with E-state index in [-0.39, 0.29) is 11.9 Å². The number of amides is 1. The van der Waals surface area contributed by atoms with Crippen LogP contribution < -0.4 is 15.5 Å². The molecule has 1 saturated heterocycles. The van der Waals surface area contributed by atoms with Crippen molar-refractivity contribution in [2.75, 3.05) is 16.3 Å². The van der Waals surface area contributed by atoms with Crippen molar-refractivity contribution >= 4 is 17.5 Å². The highest BCUT2D eigenvalue weighted by atomic mass is 16.2. The molecule has 9 heteroatoms. The first-order valence-electron chi connectivity index (χ1n) is 11.6. The number of pyridine rings is 2. The Morgan fingerprint density at radius 3 is 2.73 bits per heavy atom. The van der Waals surface area contributed by atoms with Crippen molar-refractivity contribution in [3.63, 3.8) is 0 Å². The maximum Gasteiger partial charge on any atom is 0.260 e. The molecule has 0 aliphatic carbocycles. The molecule has 0 unspecified atom stereocenters. The molecule has 2 aliphatic heterocycles. The van der Waals surface area contributed by atoms with Crippen LogP contribution in [0.25, 0.3) is 11.5 Å². The molecule has 3 aromatic heterocycles. The summed E-state index contributed by atoms with van der Waals surface area (Å²) in [6.45, 7) is 10.2. The van der Waals surface area contributed by atoms with Crippen molar-refractivity contribution in [3.8, 4) is 11.5 Å². The third-order valence-corrected chi connectivity index (χ3v) is 6.71. The van der Waals surface area contributed by atoms with Gasteiger partial charge in [-0.25, -0.2) is 9.97 Å². The summed E-state index contributed by atoms with van der Waals surface area (Å²) in [7, 11) is 0. The van der Waals surface area contributed by atoms with Crippen LogP contribution in [0.1, 0.15) is 67.1 Å². The van der Waals surface area contributed by atoms with Crippen molar-refractivity contribution in [1.82, 2.24) is 24.7 Å². The van der Waals surface area contributed by atoms with Gasteiger partial charge in [0.15, 0.2) is 5.82 Å². The monoisotopic (exact) mass is 446 g/mol. The molecule has 0 saturated carbocycles. The number of carbonyl (C=O) groups is 1. The quantitative estimate of drug-likeness (QED) is 0.641. The fraction of sp³-hybridized carbons (Fsp3) is 0.458. The predicted molar refractivity (Wildman–Crippen MR) is 127 cm³/mol. The number of aromatic nitrogens is 5. The van der Waals surface area contributed by atoms with Crippen molar-refractivity contribution < 1.29 is 4.79 Å². The van der Waals surface area contributed by atoms with Crippen LogP contribution in [0.5, 0.6) is 0 Å². The molecule has 33 heavy (non-hydrogen) atoms. The van der Waals surface area contributed by atoms with Crippen LogP contribution in [0.3, 0.4) is 0 Å². The molecule has 0 radical (unpaired) electrons. The van der Waals surface area contributed by atoms with E-state index in [2.05, 4.69) is 22.0 Å². The number of hydrogen-bond donors (Lipinski definition) is 1. The summed E-state index contributed by atoms with van der Waals surface area (Å²) in [5.74, 6) is 2.89. The van der Waals surface area contributed by atoms with Gasteiger partial charge in [-0.1, -0.05) is 6.07 Å². The van der Waals surface area contributed by atoms with E-state index < -0.39 is 0 Å². The molecule has 0 spiro atoms. The number of rotatable bonds is 5. The Morgan fingerprint density at radius 1 is 1.21 bits per heavy atom. The first-order valence-corrected chi connectivity index (χ1v) is 11.6. The molecule has 2 N–H and O–H groups in total. The average Bonchev–Trinajstić information content (AvgIpc) is 3.50. The molecule has 0 bridgehead atoms. The fourth-order valence-electron chi connectivity index (χ4n) is 4.94. The summed E-state index contributed by atoms with van der Waals surface area (Å²) in [5.41, 5.74) is 9.35. The number of fused-ring (bicyclic) bond motifs is 1. The standard InChI is InChI=1S/C24H30N8O/c1-5-30-16(4)28-29-23(30)19-9-6-10-20(26-19)32-13-18-17(24(32)33)12-21(27-22(18)15(3)25)31-11-7-8-14(31)2/h6,9-10,12,14-15H,5,7-8,11,13,25H2,1-4H3/t14-,15-/m1/s1. The summed E-state index contributed by atoms with van der Waals surface area (Å²) in [4.78, 5) is 27.2. The Bertz CT molecular complexity index is 1220. The predicted octanol–water partition coefficient (Wildman–Crippen LogP) is 3.23. The second-order valence-electron chi connectivity index (χ2n) is 8.95. The summed E-state index contributed by atoms with van der Waals surface area (Å²) in [6, 6.07) is 7.73. The Morgan fingerprint density at radius 2 is 2.03 bits per heavy atom. The van der Waals surface area contributed by atoms with E-state index in [4.69, 9.17) is 15.7 Å². The minimum Gasteiger partial charge on any atom is -0.354 e. The number of nitrogens with zero attached hydrogens (tertiary/aromatic N) is 7. The van der Waals surface area contributed by atoms with Gasteiger partial charge < -0.3 is 15.2 Å². The molecular weight excluding hydrogens is 416 g/mol. The molecule has 2 atom stereocenters. The molecule has 2 aliphatic rings. The highest BCUT2D eigenvalue weighted by Crippen LogP contribution is 2.35. The summed E-state index contributed by atoms with van der Waals surface area (Å²) in [5, 5.41) is 8.49. The second-order valence-corrected chi connectivity index (χ2v) is 8.95. The average molecular weight is 447 g/mol. The van der Waals surface area contributed by atoms with Gasteiger partial charge in [0.2, 0.25) is 0 Å². The van der Waals surface area contributed by atoms with Crippen LogP contribution in [-0.2, 0) is 13.1 Å². The fourth-order valence-corrected chi connectivity index (χ4v) is 4.94. The van der Waals surface area contributed by atoms with Gasteiger partial charge >= 0.3 is 0 Å². The summed E-state index contributed by atoms with van der Waals surface area (Å²) < 4.78 is 2.01. The van der Waals surface area contributed by atoms with E-state index in [1.165, 1.54) is 0 Å². The van der Waals surface area contributed by atoms with Gasteiger partial charge in [0, 0.05) is 30.7 Å². The second kappa shape index (κ2) is 8.22. The Labute approximate surface area is 193 Å². The number of hydrogen-bond acceptors (Lipinski definition) is 7. The minimum atomic E-state index is -0.269. The molecule has 172 valence electrons. The molecule has 3 aromatic rings. The minimum absolute atomic E-state index is 0.0693. The highest BCUT2D eigenvalue weighted by molar-refractivity contribution is 6.10. The molecule has 1 fully saturated rings. The van der Waals surface area contributed by atoms with Gasteiger partial charge in [0.1, 0.15) is 23.2 Å². The maximum absolute atomic E-state index is 13.6. The molecule has 5 rings (SSSR count). The topological polar surface area (TPSA) is 106 Å². The van der Waals surface area contributed by atoms with Gasteiger partial charge in [-0.2, -0.15) is 0 Å². The Balaban J connectivity index is 1.53. The number of carbonyl (C=O) groups excluding carboxylic acids is 1. The molecule has 0 aromatic carbocycles. The zero-order valence-electron chi connectivity index (χ0n) is 19.6. The van der Waals surface area contributed by atoms with Crippen LogP contribution in [0, 0.1) is 6.92 Å². The number of nitrogens with two attached hydrogens (primary N) is 1. The van der Waals surface area contributed by atoms with Gasteiger partial charge in [-0.3, -0.25) is 9.69 Å². The normalized spacial score (nSPS) is 18.8. The SMILES string of the molecule is CCn1c(C)nnc1-c1cccc(N2Cc3c(cc(N4CCC[C@H]4C)nc3[C@@H](C)N)C2=O)n1. The lowest BCUT2D eigenvalue weighted by Crippen LogP contribution is -2.28. The number of aryl methyl sites for hydroxylation is 1. The van der Waals surface area contributed by atoms with E-state index in [9.17, 15) is 4.79 Å². The Kier molecular flexibility index (Phi) is 5.36. The van der Waals surface area contributed by atoms with E-state index >= 15 is 0 Å². The van der Waals surface area contributed by atoms with Crippen LogP contribution in [0.15, 0.2) is 24.3 Å². The van der Waals surface area contributed by atoms with Crippen molar-refractivity contribution in [3.05, 3.63) is 46.9 Å². The van der Waals surface area contributed by atoms with Crippen molar-refractivity contribution in [1.29, 1.82) is 0 Å². The van der Waals surface area contributed by atoms with Gasteiger partial charge in [-0.15, -0.1) is 10.2 Å². The van der Waals surface area contributed by atoms with Crippen LogP contribution in [0.2, 0.25) is 0 Å². The van der Waals surface area contributed by atoms with Crippen molar-refractivity contribution in [2.24, 2.45) is 5.73 Å².